The van der Waals surface area contributed by atoms with E-state index in [-0.39, 0.29) is 25.3 Å². The molecule has 206 valence electrons. The largest absolute Gasteiger partial charge is 0.481 e. The van der Waals surface area contributed by atoms with Crippen LogP contribution in [0.1, 0.15) is 63.8 Å². The van der Waals surface area contributed by atoms with Crippen molar-refractivity contribution >= 4 is 29.2 Å². The number of carboxylic acid groups (broad SMARTS) is 1. The van der Waals surface area contributed by atoms with Crippen LogP contribution in [0, 0.1) is 0 Å². The van der Waals surface area contributed by atoms with Crippen molar-refractivity contribution in [1.29, 1.82) is 0 Å². The van der Waals surface area contributed by atoms with Crippen molar-refractivity contribution in [2.75, 3.05) is 13.6 Å². The van der Waals surface area contributed by atoms with Gasteiger partial charge in [-0.25, -0.2) is 0 Å². The molecule has 3 aromatic rings. The van der Waals surface area contributed by atoms with Crippen LogP contribution in [0.3, 0.4) is 0 Å². The lowest BCUT2D eigenvalue weighted by atomic mass is 9.96. The molecule has 1 aliphatic heterocycles. The van der Waals surface area contributed by atoms with Gasteiger partial charge in [-0.2, -0.15) is 0 Å². The Bertz CT molecular complexity index is 1170. The summed E-state index contributed by atoms with van der Waals surface area (Å²) in [5.41, 5.74) is 4.90. The van der Waals surface area contributed by atoms with Gasteiger partial charge in [0, 0.05) is 42.7 Å². The van der Waals surface area contributed by atoms with Crippen molar-refractivity contribution in [3.8, 4) is 0 Å². The van der Waals surface area contributed by atoms with E-state index in [1.54, 1.807) is 0 Å². The van der Waals surface area contributed by atoms with Gasteiger partial charge in [0.1, 0.15) is 0 Å². The number of nitrogens with zero attached hydrogens (tertiary/aromatic N) is 3. The minimum Gasteiger partial charge on any atom is -0.481 e. The molecule has 0 fully saturated rings. The van der Waals surface area contributed by atoms with Gasteiger partial charge in [0.2, 0.25) is 12.3 Å². The molecular weight excluding hydrogens is 478 g/mol. The second-order valence-electron chi connectivity index (χ2n) is 8.95. The maximum atomic E-state index is 13.2. The van der Waals surface area contributed by atoms with Crippen molar-refractivity contribution < 1.29 is 19.5 Å². The molecule has 1 N–H and O–H groups in total. The van der Waals surface area contributed by atoms with Crippen LogP contribution in [0.5, 0.6) is 0 Å². The second-order valence-corrected chi connectivity index (χ2v) is 8.95. The third-order valence-corrected chi connectivity index (χ3v) is 6.70. The highest BCUT2D eigenvalue weighted by molar-refractivity contribution is 5.92. The van der Waals surface area contributed by atoms with Crippen molar-refractivity contribution in [3.05, 3.63) is 71.4 Å². The summed E-state index contributed by atoms with van der Waals surface area (Å²) < 4.78 is 2.38. The molecule has 7 heteroatoms. The number of hydrogen-bond acceptors (Lipinski definition) is 4. The van der Waals surface area contributed by atoms with E-state index in [4.69, 9.17) is 5.11 Å². The standard InChI is InChI=1S/C27H31N3O4.2C2H6/c1-28-18-25-22(17-24(28)27(34)29(19-31)15-8-14-26(32)33)21-12-5-6-13-23(21)30(25)16-7-11-20-9-3-2-4-10-20;2*1-2/h2-6,9-10,12-13,19,24H,7-8,11,14-18H2,1H3,(H,32,33);2*1-2H3. The zero-order valence-corrected chi connectivity index (χ0v) is 23.5. The lowest BCUT2D eigenvalue weighted by molar-refractivity contribution is -0.144. The Morgan fingerprint density at radius 2 is 1.66 bits per heavy atom. The molecule has 0 spiro atoms. The van der Waals surface area contributed by atoms with Crippen LogP contribution in [-0.2, 0) is 40.3 Å². The number of fused-ring (bicyclic) bond motifs is 3. The maximum Gasteiger partial charge on any atom is 0.303 e. The Balaban J connectivity index is 0.00000121. The fraction of sp³-hybridized carbons (Fsp3) is 0.452. The summed E-state index contributed by atoms with van der Waals surface area (Å²) >= 11 is 0. The Morgan fingerprint density at radius 3 is 2.32 bits per heavy atom. The van der Waals surface area contributed by atoms with Crippen molar-refractivity contribution in [2.24, 2.45) is 0 Å². The molecule has 1 aromatic heterocycles. The first kappa shape index (κ1) is 30.8. The number of rotatable bonds is 10. The van der Waals surface area contributed by atoms with Crippen LogP contribution in [-0.4, -0.2) is 57.4 Å². The SMILES string of the molecule is CC.CC.CN1Cc2c(c3ccccc3n2CCCc2ccccc2)CC1C(=O)N(C=O)CCCC(=O)O. The average molecular weight is 522 g/mol. The fourth-order valence-corrected chi connectivity index (χ4v) is 4.96. The number of carbonyl (C=O) groups is 3. The van der Waals surface area contributed by atoms with Crippen LogP contribution in [0.4, 0.5) is 0 Å². The first-order chi connectivity index (χ1) is 18.5. The maximum absolute atomic E-state index is 13.2. The summed E-state index contributed by atoms with van der Waals surface area (Å²) in [6, 6.07) is 18.3. The summed E-state index contributed by atoms with van der Waals surface area (Å²) in [5.74, 6) is -1.20. The number of aryl methyl sites for hydroxylation is 2. The number of likely N-dealkylation sites (N-methyl/N-ethyl adjacent to an activating group) is 1. The van der Waals surface area contributed by atoms with Crippen molar-refractivity contribution in [2.45, 2.75) is 78.9 Å². The number of para-hydroxylation sites is 1. The summed E-state index contributed by atoms with van der Waals surface area (Å²) in [7, 11) is 1.91. The number of amides is 2. The third kappa shape index (κ3) is 7.54. The van der Waals surface area contributed by atoms with Gasteiger partial charge < -0.3 is 9.67 Å². The predicted molar refractivity (Wildman–Crippen MR) is 153 cm³/mol. The van der Waals surface area contributed by atoms with Crippen molar-refractivity contribution in [3.63, 3.8) is 0 Å². The Labute approximate surface area is 227 Å². The number of aliphatic carboxylic acids is 1. The van der Waals surface area contributed by atoms with E-state index in [1.165, 1.54) is 22.3 Å². The summed E-state index contributed by atoms with van der Waals surface area (Å²) in [4.78, 5) is 38.7. The molecule has 1 atom stereocenters. The van der Waals surface area contributed by atoms with E-state index >= 15 is 0 Å². The molecule has 1 aliphatic rings. The van der Waals surface area contributed by atoms with Gasteiger partial charge in [-0.05, 0) is 49.9 Å². The summed E-state index contributed by atoms with van der Waals surface area (Å²) in [5, 5.41) is 10.0. The zero-order valence-electron chi connectivity index (χ0n) is 23.5. The number of aromatic nitrogens is 1. The molecular formula is C31H43N3O4. The highest BCUT2D eigenvalue weighted by Crippen LogP contribution is 2.33. The molecule has 0 saturated carbocycles. The van der Waals surface area contributed by atoms with Gasteiger partial charge in [-0.1, -0.05) is 76.2 Å². The van der Waals surface area contributed by atoms with Crippen LogP contribution in [0.25, 0.3) is 10.9 Å². The summed E-state index contributed by atoms with van der Waals surface area (Å²) in [6.07, 6.45) is 3.26. The first-order valence-electron chi connectivity index (χ1n) is 13.8. The van der Waals surface area contributed by atoms with Gasteiger partial charge in [0.05, 0.1) is 6.04 Å². The second kappa shape index (κ2) is 15.7. The smallest absolute Gasteiger partial charge is 0.303 e. The molecule has 38 heavy (non-hydrogen) atoms. The van der Waals surface area contributed by atoms with E-state index < -0.39 is 12.0 Å². The van der Waals surface area contributed by atoms with Crippen LogP contribution >= 0.6 is 0 Å². The lowest BCUT2D eigenvalue weighted by Crippen LogP contribution is -2.50. The quantitative estimate of drug-likeness (QED) is 0.355. The Kier molecular flexibility index (Phi) is 12.7. The number of imide groups is 1. The van der Waals surface area contributed by atoms with Gasteiger partial charge in [-0.3, -0.25) is 24.2 Å². The van der Waals surface area contributed by atoms with E-state index in [1.807, 2.05) is 57.8 Å². The molecule has 2 heterocycles. The average Bonchev–Trinajstić information content (AvgIpc) is 3.25. The van der Waals surface area contributed by atoms with Crippen LogP contribution in [0.2, 0.25) is 0 Å². The third-order valence-electron chi connectivity index (χ3n) is 6.70. The Hall–Kier alpha value is -3.45. The zero-order chi connectivity index (χ0) is 28.1. The normalized spacial score (nSPS) is 14.4. The van der Waals surface area contributed by atoms with Gasteiger partial charge in [0.15, 0.2) is 0 Å². The molecule has 2 aromatic carbocycles. The topological polar surface area (TPSA) is 82.9 Å². The molecule has 2 amide bonds. The molecule has 0 saturated heterocycles. The molecule has 0 radical (unpaired) electrons. The Morgan fingerprint density at radius 1 is 1.00 bits per heavy atom. The minimum absolute atomic E-state index is 0.0707. The first-order valence-corrected chi connectivity index (χ1v) is 13.8. The minimum atomic E-state index is -0.933. The van der Waals surface area contributed by atoms with Crippen LogP contribution < -0.4 is 0 Å². The van der Waals surface area contributed by atoms with E-state index in [0.29, 0.717) is 19.4 Å². The number of benzene rings is 2. The fourth-order valence-electron chi connectivity index (χ4n) is 4.96. The van der Waals surface area contributed by atoms with Gasteiger partial charge >= 0.3 is 5.97 Å². The van der Waals surface area contributed by atoms with Crippen molar-refractivity contribution in [1.82, 2.24) is 14.4 Å². The lowest BCUT2D eigenvalue weighted by Gasteiger charge is -2.34. The molecule has 4 rings (SSSR count). The summed E-state index contributed by atoms with van der Waals surface area (Å²) in [6.45, 7) is 9.63. The van der Waals surface area contributed by atoms with E-state index in [0.717, 1.165) is 29.7 Å². The highest BCUT2D eigenvalue weighted by atomic mass is 16.4. The van der Waals surface area contributed by atoms with E-state index in [9.17, 15) is 14.4 Å². The van der Waals surface area contributed by atoms with Gasteiger partial charge in [-0.15, -0.1) is 0 Å². The van der Waals surface area contributed by atoms with Gasteiger partial charge in [0.25, 0.3) is 0 Å². The number of carboxylic acids is 1. The predicted octanol–water partition coefficient (Wildman–Crippen LogP) is 5.53. The molecule has 0 bridgehead atoms. The number of carbonyl (C=O) groups excluding carboxylic acids is 2. The molecule has 1 unspecified atom stereocenters. The number of hydrogen-bond donors (Lipinski definition) is 1. The monoisotopic (exact) mass is 521 g/mol. The molecule has 7 nitrogen and oxygen atoms in total. The van der Waals surface area contributed by atoms with Crippen LogP contribution in [0.15, 0.2) is 54.6 Å². The highest BCUT2D eigenvalue weighted by Gasteiger charge is 2.35. The molecule has 0 aliphatic carbocycles. The van der Waals surface area contributed by atoms with E-state index in [2.05, 4.69) is 41.0 Å².